The minimum Gasteiger partial charge on any atom is -0.380 e. The predicted octanol–water partition coefficient (Wildman–Crippen LogP) is 2.94. The topological polar surface area (TPSA) is 63.5 Å². The Morgan fingerprint density at radius 1 is 0.964 bits per heavy atom. The van der Waals surface area contributed by atoms with Crippen molar-refractivity contribution in [2.45, 2.75) is 26.2 Å². The molecule has 28 heavy (non-hydrogen) atoms. The van der Waals surface area contributed by atoms with Crippen molar-refractivity contribution in [2.75, 3.05) is 14.2 Å². The summed E-state index contributed by atoms with van der Waals surface area (Å²) in [7, 11) is 3.49. The van der Waals surface area contributed by atoms with Crippen molar-refractivity contribution in [3.05, 3.63) is 89.2 Å². The lowest BCUT2D eigenvalue weighted by molar-refractivity contribution is 0.185. The normalized spacial score (nSPS) is 11.4. The first-order chi connectivity index (χ1) is 13.8. The van der Waals surface area contributed by atoms with Crippen molar-refractivity contribution in [3.8, 4) is 0 Å². The van der Waals surface area contributed by atoms with Crippen LogP contribution >= 0.6 is 0 Å². The third-order valence-corrected chi connectivity index (χ3v) is 4.47. The minimum absolute atomic E-state index is 0.634. The molecule has 0 spiro atoms. The molecule has 0 unspecified atom stereocenters. The zero-order valence-corrected chi connectivity index (χ0v) is 16.4. The lowest BCUT2D eigenvalue weighted by Crippen LogP contribution is -2.36. The van der Waals surface area contributed by atoms with Crippen LogP contribution in [0.15, 0.2) is 72.0 Å². The first-order valence-corrected chi connectivity index (χ1v) is 9.34. The number of benzene rings is 2. The van der Waals surface area contributed by atoms with Crippen LogP contribution in [0.25, 0.3) is 0 Å². The Morgan fingerprint density at radius 3 is 2.36 bits per heavy atom. The molecule has 0 radical (unpaired) electrons. The third-order valence-electron chi connectivity index (χ3n) is 4.47. The summed E-state index contributed by atoms with van der Waals surface area (Å²) in [6, 6.07) is 18.7. The van der Waals surface area contributed by atoms with E-state index in [2.05, 4.69) is 69.3 Å². The zero-order valence-electron chi connectivity index (χ0n) is 16.4. The summed E-state index contributed by atoms with van der Waals surface area (Å²) in [5.41, 5.74) is 4.83. The highest BCUT2D eigenvalue weighted by atomic mass is 16.5. The highest BCUT2D eigenvalue weighted by Crippen LogP contribution is 2.10. The van der Waals surface area contributed by atoms with Crippen LogP contribution in [0.3, 0.4) is 0 Å². The standard InChI is InChI=1S/C22H27N5O/c1-23-22(24-14-18-8-10-19(11-9-18)17-28-2)25-15-20-6-3-4-7-21(20)16-27-13-5-12-26-27/h3-13H,14-17H2,1-2H3,(H2,23,24,25). The molecule has 1 aromatic heterocycles. The monoisotopic (exact) mass is 377 g/mol. The molecule has 0 atom stereocenters. The van der Waals surface area contributed by atoms with Crippen LogP contribution in [0.5, 0.6) is 0 Å². The second-order valence-electron chi connectivity index (χ2n) is 6.50. The summed E-state index contributed by atoms with van der Waals surface area (Å²) in [6.07, 6.45) is 3.77. The summed E-state index contributed by atoms with van der Waals surface area (Å²) in [4.78, 5) is 4.33. The Morgan fingerprint density at radius 2 is 1.68 bits per heavy atom. The number of rotatable bonds is 8. The number of aliphatic imine (C=N–C) groups is 1. The maximum absolute atomic E-state index is 5.15. The van der Waals surface area contributed by atoms with Crippen molar-refractivity contribution in [1.29, 1.82) is 0 Å². The largest absolute Gasteiger partial charge is 0.380 e. The molecule has 0 amide bonds. The molecule has 146 valence electrons. The third kappa shape index (κ3) is 5.69. The van der Waals surface area contributed by atoms with Crippen molar-refractivity contribution in [1.82, 2.24) is 20.4 Å². The van der Waals surface area contributed by atoms with Gasteiger partial charge in [0.05, 0.1) is 13.2 Å². The number of hydrogen-bond acceptors (Lipinski definition) is 3. The van der Waals surface area contributed by atoms with Gasteiger partial charge >= 0.3 is 0 Å². The summed E-state index contributed by atoms with van der Waals surface area (Å²) >= 11 is 0. The van der Waals surface area contributed by atoms with Crippen LogP contribution in [0.4, 0.5) is 0 Å². The Bertz CT molecular complexity index is 872. The van der Waals surface area contributed by atoms with E-state index in [0.29, 0.717) is 19.7 Å². The van der Waals surface area contributed by atoms with Crippen molar-refractivity contribution < 1.29 is 4.74 Å². The molecule has 2 aromatic carbocycles. The van der Waals surface area contributed by atoms with Crippen LogP contribution in [0.1, 0.15) is 22.3 Å². The number of nitrogens with one attached hydrogen (secondary N) is 2. The van der Waals surface area contributed by atoms with E-state index < -0.39 is 0 Å². The fourth-order valence-electron chi connectivity index (χ4n) is 2.96. The molecule has 0 aliphatic rings. The van der Waals surface area contributed by atoms with Gasteiger partial charge in [0.25, 0.3) is 0 Å². The summed E-state index contributed by atoms with van der Waals surface area (Å²) in [6.45, 7) is 2.80. The average Bonchev–Trinajstić information content (AvgIpc) is 3.24. The lowest BCUT2D eigenvalue weighted by Gasteiger charge is -2.14. The van der Waals surface area contributed by atoms with Gasteiger partial charge in [-0.2, -0.15) is 5.10 Å². The number of aromatic nitrogens is 2. The van der Waals surface area contributed by atoms with E-state index >= 15 is 0 Å². The molecule has 3 rings (SSSR count). The van der Waals surface area contributed by atoms with E-state index in [1.165, 1.54) is 22.3 Å². The van der Waals surface area contributed by atoms with E-state index in [1.54, 1.807) is 20.4 Å². The van der Waals surface area contributed by atoms with Gasteiger partial charge < -0.3 is 15.4 Å². The lowest BCUT2D eigenvalue weighted by atomic mass is 10.1. The van der Waals surface area contributed by atoms with Crippen LogP contribution in [-0.4, -0.2) is 29.9 Å². The Labute approximate surface area is 166 Å². The number of nitrogens with zero attached hydrogens (tertiary/aromatic N) is 3. The van der Waals surface area contributed by atoms with Gasteiger partial charge in [0.15, 0.2) is 5.96 Å². The van der Waals surface area contributed by atoms with Gasteiger partial charge in [0.2, 0.25) is 0 Å². The number of hydrogen-bond donors (Lipinski definition) is 2. The van der Waals surface area contributed by atoms with Gasteiger partial charge in [-0.15, -0.1) is 0 Å². The highest BCUT2D eigenvalue weighted by molar-refractivity contribution is 5.79. The molecule has 2 N–H and O–H groups in total. The molecular formula is C22H27N5O. The van der Waals surface area contributed by atoms with Crippen molar-refractivity contribution in [3.63, 3.8) is 0 Å². The van der Waals surface area contributed by atoms with E-state index in [4.69, 9.17) is 4.74 Å². The molecule has 0 aliphatic heterocycles. The smallest absolute Gasteiger partial charge is 0.191 e. The van der Waals surface area contributed by atoms with Crippen molar-refractivity contribution >= 4 is 5.96 Å². The number of methoxy groups -OCH3 is 1. The molecule has 0 fully saturated rings. The van der Waals surface area contributed by atoms with Crippen LogP contribution in [-0.2, 0) is 31.0 Å². The second-order valence-corrected chi connectivity index (χ2v) is 6.50. The summed E-state index contributed by atoms with van der Waals surface area (Å²) in [5, 5.41) is 11.1. The molecule has 0 saturated heterocycles. The maximum atomic E-state index is 5.15. The van der Waals surface area contributed by atoms with E-state index in [9.17, 15) is 0 Å². The zero-order chi connectivity index (χ0) is 19.6. The second kappa shape index (κ2) is 10.3. The number of ether oxygens (including phenoxy) is 1. The van der Waals surface area contributed by atoms with Crippen LogP contribution in [0, 0.1) is 0 Å². The van der Waals surface area contributed by atoms with Gasteiger partial charge in [-0.1, -0.05) is 48.5 Å². The Hall–Kier alpha value is -3.12. The Balaban J connectivity index is 1.54. The van der Waals surface area contributed by atoms with Gasteiger partial charge in [-0.3, -0.25) is 9.67 Å². The fraction of sp³-hybridized carbons (Fsp3) is 0.273. The molecule has 1 heterocycles. The molecule has 0 saturated carbocycles. The van der Waals surface area contributed by atoms with Gasteiger partial charge in [0, 0.05) is 39.6 Å². The van der Waals surface area contributed by atoms with Gasteiger partial charge in [-0.25, -0.2) is 0 Å². The SMILES string of the molecule is CN=C(NCc1ccc(COC)cc1)NCc1ccccc1Cn1cccn1. The molecule has 6 nitrogen and oxygen atoms in total. The van der Waals surface area contributed by atoms with Gasteiger partial charge in [-0.05, 0) is 28.3 Å². The van der Waals surface area contributed by atoms with Crippen LogP contribution in [0.2, 0.25) is 0 Å². The molecular weight excluding hydrogens is 350 g/mol. The van der Waals surface area contributed by atoms with Crippen molar-refractivity contribution in [2.24, 2.45) is 4.99 Å². The minimum atomic E-state index is 0.634. The summed E-state index contributed by atoms with van der Waals surface area (Å²) < 4.78 is 7.08. The highest BCUT2D eigenvalue weighted by Gasteiger charge is 2.05. The van der Waals surface area contributed by atoms with E-state index in [0.717, 1.165) is 12.5 Å². The van der Waals surface area contributed by atoms with Gasteiger partial charge in [0.1, 0.15) is 0 Å². The average molecular weight is 377 g/mol. The number of guanidine groups is 1. The quantitative estimate of drug-likeness (QED) is 0.468. The maximum Gasteiger partial charge on any atom is 0.191 e. The van der Waals surface area contributed by atoms with E-state index in [1.807, 2.05) is 16.9 Å². The molecule has 0 aliphatic carbocycles. The summed E-state index contributed by atoms with van der Waals surface area (Å²) in [5.74, 6) is 0.773. The fourth-order valence-corrected chi connectivity index (χ4v) is 2.96. The van der Waals surface area contributed by atoms with E-state index in [-0.39, 0.29) is 0 Å². The first-order valence-electron chi connectivity index (χ1n) is 9.34. The predicted molar refractivity (Wildman–Crippen MR) is 112 cm³/mol. The van der Waals surface area contributed by atoms with Crippen LogP contribution < -0.4 is 10.6 Å². The first kappa shape index (κ1) is 19.6. The Kier molecular flexibility index (Phi) is 7.21. The molecule has 3 aromatic rings. The molecule has 0 bridgehead atoms. The molecule has 6 heteroatoms.